The zero-order valence-electron chi connectivity index (χ0n) is 27.3. The van der Waals surface area contributed by atoms with Crippen molar-refractivity contribution in [3.8, 4) is 11.1 Å². The van der Waals surface area contributed by atoms with Gasteiger partial charge in [0.25, 0.3) is 0 Å². The van der Waals surface area contributed by atoms with E-state index in [1.807, 2.05) is 0 Å². The number of benzene rings is 2. The molecule has 230 valence electrons. The number of rotatable bonds is 6. The standard InChI is InChI=1S/C21H25.2C6H11.C5H5.CH2.2ClH.Zr/c1-20(2,3)16-9-7-14-11-15-8-10-17(21(4,5)6)13-19(15)18(14)12-16;2*1-6-4-2-3-5-6;1-2-4-5-3-1;;;;/h7,9-10,12-13H,11H2,1-6H3;2*6H,1-5H2;1-3H,4H2;1H2;2*1H;. The maximum absolute atomic E-state index is 5.80. The SMILES string of the molecule is Cl.Cl.[CH2]=[Zr]([CH2]C1CCCC1)([CH2]C1CCCC1)([C]1=CC=CC1)[c]1cc(C(C)(C)C)cc2c1Cc1ccc(C(C)(C)C)cc1-2. The second-order valence-corrected chi connectivity index (χ2v) is 31.0. The Morgan fingerprint density at radius 3 is 1.79 bits per heavy atom. The minimum atomic E-state index is -3.98. The summed E-state index contributed by atoms with van der Waals surface area (Å²) in [6.07, 6.45) is 21.1. The predicted molar refractivity (Wildman–Crippen MR) is 189 cm³/mol. The van der Waals surface area contributed by atoms with Crippen LogP contribution in [0, 0.1) is 11.8 Å². The summed E-state index contributed by atoms with van der Waals surface area (Å²) in [5.74, 6) is 1.74. The minimum absolute atomic E-state index is 0. The molecule has 6 rings (SSSR count). The van der Waals surface area contributed by atoms with Crippen molar-refractivity contribution in [3.63, 3.8) is 0 Å². The van der Waals surface area contributed by atoms with Gasteiger partial charge in [0, 0.05) is 0 Å². The van der Waals surface area contributed by atoms with Crippen LogP contribution in [0.25, 0.3) is 11.1 Å². The molecule has 0 saturated heterocycles. The molecule has 0 heterocycles. The van der Waals surface area contributed by atoms with Crippen molar-refractivity contribution in [1.29, 1.82) is 0 Å². The number of fused-ring (bicyclic) bond motifs is 3. The molecule has 0 atom stereocenters. The predicted octanol–water partition coefficient (Wildman–Crippen LogP) is 11.5. The first-order valence-corrected chi connectivity index (χ1v) is 24.2. The van der Waals surface area contributed by atoms with Crippen LogP contribution in [0.15, 0.2) is 51.8 Å². The maximum atomic E-state index is 5.80. The molecular formula is C39H56Cl2Zr. The van der Waals surface area contributed by atoms with Crippen LogP contribution in [0.1, 0.15) is 122 Å². The molecule has 0 nitrogen and oxygen atoms in total. The molecule has 0 N–H and O–H groups in total. The molecule has 42 heavy (non-hydrogen) atoms. The summed E-state index contributed by atoms with van der Waals surface area (Å²) in [5.41, 5.74) is 9.55. The molecule has 4 aliphatic rings. The van der Waals surface area contributed by atoms with Gasteiger partial charge in [0.1, 0.15) is 0 Å². The quantitative estimate of drug-likeness (QED) is 0.242. The number of hydrogen-bond acceptors (Lipinski definition) is 0. The Balaban J connectivity index is 0.00000202. The van der Waals surface area contributed by atoms with Crippen molar-refractivity contribution in [3.05, 3.63) is 74.1 Å². The first kappa shape index (κ1) is 34.1. The topological polar surface area (TPSA) is 0 Å². The van der Waals surface area contributed by atoms with Crippen LogP contribution in [-0.2, 0) is 35.5 Å². The Bertz CT molecular complexity index is 1410. The Morgan fingerprint density at radius 2 is 1.29 bits per heavy atom. The van der Waals surface area contributed by atoms with Gasteiger partial charge >= 0.3 is 248 Å². The fourth-order valence-corrected chi connectivity index (χ4v) is 28.5. The van der Waals surface area contributed by atoms with Crippen molar-refractivity contribution >= 4 is 32.3 Å². The van der Waals surface area contributed by atoms with E-state index in [1.54, 1.807) is 23.2 Å². The molecule has 3 heteroatoms. The van der Waals surface area contributed by atoms with E-state index in [0.717, 1.165) is 24.7 Å². The van der Waals surface area contributed by atoms with Gasteiger partial charge in [-0.05, 0) is 0 Å². The van der Waals surface area contributed by atoms with E-state index in [0.29, 0.717) is 0 Å². The fraction of sp³-hybridized carbons (Fsp3) is 0.564. The average molecular weight is 687 g/mol. The zero-order valence-corrected chi connectivity index (χ0v) is 31.4. The molecule has 0 radical (unpaired) electrons. The van der Waals surface area contributed by atoms with Crippen LogP contribution in [0.3, 0.4) is 0 Å². The zero-order chi connectivity index (χ0) is 28.4. The van der Waals surface area contributed by atoms with Gasteiger partial charge in [-0.25, -0.2) is 0 Å². The summed E-state index contributed by atoms with van der Waals surface area (Å²) < 4.78 is 12.3. The van der Waals surface area contributed by atoms with Crippen molar-refractivity contribution in [1.82, 2.24) is 0 Å². The number of hydrogen-bond donors (Lipinski definition) is 0. The summed E-state index contributed by atoms with van der Waals surface area (Å²) in [6, 6.07) is 12.8. The fourth-order valence-electron chi connectivity index (χ4n) is 9.25. The van der Waals surface area contributed by atoms with Gasteiger partial charge in [0.05, 0.1) is 0 Å². The molecular weight excluding hydrogens is 631 g/mol. The third-order valence-corrected chi connectivity index (χ3v) is 28.9. The number of halogens is 2. The summed E-state index contributed by atoms with van der Waals surface area (Å²) in [6.45, 7) is 14.4. The van der Waals surface area contributed by atoms with Crippen molar-refractivity contribution in [2.75, 3.05) is 0 Å². The summed E-state index contributed by atoms with van der Waals surface area (Å²) in [4.78, 5) is 0. The summed E-state index contributed by atoms with van der Waals surface area (Å²) in [5, 5.41) is 0. The Kier molecular flexibility index (Phi) is 9.93. The van der Waals surface area contributed by atoms with Crippen molar-refractivity contribution < 1.29 is 18.3 Å². The Labute approximate surface area is 270 Å². The van der Waals surface area contributed by atoms with E-state index >= 15 is 0 Å². The third kappa shape index (κ3) is 6.07. The van der Waals surface area contributed by atoms with Crippen LogP contribution >= 0.6 is 24.8 Å². The molecule has 2 saturated carbocycles. The molecule has 0 spiro atoms. The van der Waals surface area contributed by atoms with Gasteiger partial charge in [0.2, 0.25) is 0 Å². The number of allylic oxidation sites excluding steroid dienone is 4. The molecule has 2 aromatic carbocycles. The van der Waals surface area contributed by atoms with Gasteiger partial charge in [-0.1, -0.05) is 0 Å². The van der Waals surface area contributed by atoms with E-state index in [2.05, 4.69) is 90.1 Å². The molecule has 0 unspecified atom stereocenters. The Hall–Kier alpha value is -0.747. The van der Waals surface area contributed by atoms with E-state index in [4.69, 9.17) is 4.21 Å². The molecule has 0 aromatic heterocycles. The van der Waals surface area contributed by atoms with Crippen molar-refractivity contribution in [2.45, 2.75) is 125 Å². The molecule has 4 aliphatic carbocycles. The van der Waals surface area contributed by atoms with E-state index in [1.165, 1.54) is 76.3 Å². The normalized spacial score (nSPS) is 19.4. The van der Waals surface area contributed by atoms with Crippen LogP contribution in [0.4, 0.5) is 0 Å². The summed E-state index contributed by atoms with van der Waals surface area (Å²) >= 11 is -3.98. The average Bonchev–Trinajstić information content (AvgIpc) is 3.70. The molecule has 2 aromatic rings. The van der Waals surface area contributed by atoms with Crippen LogP contribution in [-0.4, -0.2) is 4.21 Å². The van der Waals surface area contributed by atoms with Gasteiger partial charge in [0.15, 0.2) is 0 Å². The van der Waals surface area contributed by atoms with E-state index in [9.17, 15) is 0 Å². The first-order valence-electron chi connectivity index (χ1n) is 16.6. The van der Waals surface area contributed by atoms with Crippen molar-refractivity contribution in [2.24, 2.45) is 11.8 Å². The molecule has 0 bridgehead atoms. The van der Waals surface area contributed by atoms with Crippen LogP contribution in [0.2, 0.25) is 8.26 Å². The molecule has 0 aliphatic heterocycles. The molecule has 0 amide bonds. The van der Waals surface area contributed by atoms with Gasteiger partial charge < -0.3 is 0 Å². The van der Waals surface area contributed by atoms with Gasteiger partial charge in [-0.3, -0.25) is 0 Å². The Morgan fingerprint density at radius 1 is 0.738 bits per heavy atom. The first-order chi connectivity index (χ1) is 18.9. The van der Waals surface area contributed by atoms with E-state index in [-0.39, 0.29) is 35.6 Å². The molecule has 2 fully saturated rings. The monoisotopic (exact) mass is 684 g/mol. The third-order valence-electron chi connectivity index (χ3n) is 11.6. The second kappa shape index (κ2) is 12.2. The van der Waals surface area contributed by atoms with Gasteiger partial charge in [-0.15, -0.1) is 24.8 Å². The summed E-state index contributed by atoms with van der Waals surface area (Å²) in [7, 11) is 0. The van der Waals surface area contributed by atoms with Gasteiger partial charge in [-0.2, -0.15) is 0 Å². The van der Waals surface area contributed by atoms with Crippen LogP contribution in [0.5, 0.6) is 0 Å². The van der Waals surface area contributed by atoms with Crippen LogP contribution < -0.4 is 3.27 Å². The van der Waals surface area contributed by atoms with E-state index < -0.39 is 18.3 Å². The second-order valence-electron chi connectivity index (χ2n) is 16.6.